The van der Waals surface area contributed by atoms with E-state index in [1.807, 2.05) is 0 Å². The minimum Gasteiger partial charge on any atom is -0.497 e. The van der Waals surface area contributed by atoms with Crippen LogP contribution in [-0.4, -0.2) is 36.3 Å². The first-order chi connectivity index (χ1) is 13.1. The summed E-state index contributed by atoms with van der Waals surface area (Å²) in [5, 5.41) is 10.5. The summed E-state index contributed by atoms with van der Waals surface area (Å²) in [6.45, 7) is 0. The second-order valence-corrected chi connectivity index (χ2v) is 5.49. The summed E-state index contributed by atoms with van der Waals surface area (Å²) in [5.74, 6) is 0.244. The number of nitrogens with one attached hydrogen (secondary N) is 1. The van der Waals surface area contributed by atoms with Gasteiger partial charge in [0.15, 0.2) is 0 Å². The number of carbonyl (C=O) groups is 2. The Hall–Kier alpha value is -3.68. The molecule has 0 unspecified atom stereocenters. The molecule has 1 N–H and O–H groups in total. The van der Waals surface area contributed by atoms with Crippen molar-refractivity contribution in [3.63, 3.8) is 0 Å². The van der Waals surface area contributed by atoms with Gasteiger partial charge in [-0.3, -0.25) is 4.79 Å². The zero-order valence-corrected chi connectivity index (χ0v) is 14.8. The molecule has 0 fully saturated rings. The Kier molecular flexibility index (Phi) is 5.46. The summed E-state index contributed by atoms with van der Waals surface area (Å²) in [7, 11) is 2.86. The normalized spacial score (nSPS) is 10.3. The number of hydrogen-bond donors (Lipinski definition) is 1. The van der Waals surface area contributed by atoms with Crippen molar-refractivity contribution in [1.29, 1.82) is 0 Å². The van der Waals surface area contributed by atoms with Crippen LogP contribution in [0.3, 0.4) is 0 Å². The van der Waals surface area contributed by atoms with Gasteiger partial charge in [0.25, 0.3) is 0 Å². The van der Waals surface area contributed by atoms with E-state index >= 15 is 0 Å². The molecule has 0 saturated heterocycles. The van der Waals surface area contributed by atoms with Crippen LogP contribution >= 0.6 is 0 Å². The van der Waals surface area contributed by atoms with Gasteiger partial charge in [0, 0.05) is 5.56 Å². The maximum Gasteiger partial charge on any atom is 0.339 e. The van der Waals surface area contributed by atoms with Gasteiger partial charge in [-0.05, 0) is 36.4 Å². The lowest BCUT2D eigenvalue weighted by molar-refractivity contribution is -0.115. The summed E-state index contributed by atoms with van der Waals surface area (Å²) in [6, 6.07) is 13.7. The SMILES string of the molecule is COC(=O)c1ccccc1NC(=O)Cc1nnc(-c2ccc(OC)cc2)o1. The van der Waals surface area contributed by atoms with E-state index in [4.69, 9.17) is 13.9 Å². The van der Waals surface area contributed by atoms with Crippen molar-refractivity contribution < 1.29 is 23.5 Å². The fourth-order valence-electron chi connectivity index (χ4n) is 2.39. The molecular weight excluding hydrogens is 350 g/mol. The third kappa shape index (κ3) is 4.30. The highest BCUT2D eigenvalue weighted by atomic mass is 16.5. The molecule has 1 heterocycles. The van der Waals surface area contributed by atoms with Crippen LogP contribution in [0.2, 0.25) is 0 Å². The largest absolute Gasteiger partial charge is 0.497 e. The first-order valence-corrected chi connectivity index (χ1v) is 8.04. The lowest BCUT2D eigenvalue weighted by Crippen LogP contribution is -2.17. The molecule has 0 spiro atoms. The molecule has 1 aromatic heterocycles. The Bertz CT molecular complexity index is 950. The first-order valence-electron chi connectivity index (χ1n) is 8.04. The number of carbonyl (C=O) groups excluding carboxylic acids is 2. The van der Waals surface area contributed by atoms with Crippen molar-refractivity contribution in [3.05, 3.63) is 60.0 Å². The third-order valence-electron chi connectivity index (χ3n) is 3.72. The second-order valence-electron chi connectivity index (χ2n) is 5.49. The van der Waals surface area contributed by atoms with Crippen molar-refractivity contribution in [3.8, 4) is 17.2 Å². The summed E-state index contributed by atoms with van der Waals surface area (Å²) >= 11 is 0. The fourth-order valence-corrected chi connectivity index (χ4v) is 2.39. The fraction of sp³-hybridized carbons (Fsp3) is 0.158. The van der Waals surface area contributed by atoms with Gasteiger partial charge in [0.2, 0.25) is 17.7 Å². The highest BCUT2D eigenvalue weighted by Crippen LogP contribution is 2.21. The van der Waals surface area contributed by atoms with E-state index in [0.29, 0.717) is 22.9 Å². The van der Waals surface area contributed by atoms with Crippen LogP contribution in [0.5, 0.6) is 5.75 Å². The Morgan fingerprint density at radius 1 is 1.04 bits per heavy atom. The summed E-state index contributed by atoms with van der Waals surface area (Å²) in [4.78, 5) is 24.0. The minimum atomic E-state index is -0.537. The minimum absolute atomic E-state index is 0.126. The second kappa shape index (κ2) is 8.13. The number of benzene rings is 2. The lowest BCUT2D eigenvalue weighted by atomic mass is 10.1. The molecule has 8 heteroatoms. The average Bonchev–Trinajstić information content (AvgIpc) is 3.16. The van der Waals surface area contributed by atoms with Gasteiger partial charge in [-0.25, -0.2) is 4.79 Å². The standard InChI is InChI=1S/C19H17N3O5/c1-25-13-9-7-12(8-10-13)18-22-21-17(27-18)11-16(23)20-15-6-4-3-5-14(15)19(24)26-2/h3-10H,11H2,1-2H3,(H,20,23). The van der Waals surface area contributed by atoms with Crippen LogP contribution in [0.25, 0.3) is 11.5 Å². The number of para-hydroxylation sites is 1. The Morgan fingerprint density at radius 3 is 2.48 bits per heavy atom. The summed E-state index contributed by atoms with van der Waals surface area (Å²) in [5.41, 5.74) is 1.33. The van der Waals surface area contributed by atoms with Crippen LogP contribution in [-0.2, 0) is 16.0 Å². The van der Waals surface area contributed by atoms with Crippen LogP contribution < -0.4 is 10.1 Å². The highest BCUT2D eigenvalue weighted by Gasteiger charge is 2.16. The maximum atomic E-state index is 12.3. The summed E-state index contributed by atoms with van der Waals surface area (Å²) < 4.78 is 15.3. The predicted octanol–water partition coefficient (Wildman–Crippen LogP) is 2.71. The van der Waals surface area contributed by atoms with Gasteiger partial charge in [-0.15, -0.1) is 10.2 Å². The number of ether oxygens (including phenoxy) is 2. The number of rotatable bonds is 6. The van der Waals surface area contributed by atoms with Crippen molar-refractivity contribution in [2.45, 2.75) is 6.42 Å². The molecule has 0 aliphatic heterocycles. The Balaban J connectivity index is 1.69. The zero-order valence-electron chi connectivity index (χ0n) is 14.8. The molecule has 0 aliphatic rings. The van der Waals surface area contributed by atoms with E-state index in [-0.39, 0.29) is 17.9 Å². The van der Waals surface area contributed by atoms with Crippen LogP contribution in [0.4, 0.5) is 5.69 Å². The molecule has 138 valence electrons. The van der Waals surface area contributed by atoms with Crippen molar-refractivity contribution in [1.82, 2.24) is 10.2 Å². The van der Waals surface area contributed by atoms with E-state index in [1.54, 1.807) is 55.6 Å². The van der Waals surface area contributed by atoms with Crippen LogP contribution in [0.15, 0.2) is 52.9 Å². The molecule has 0 saturated carbocycles. The molecule has 0 aliphatic carbocycles. The van der Waals surface area contributed by atoms with Crippen LogP contribution in [0, 0.1) is 0 Å². The molecular formula is C19H17N3O5. The van der Waals surface area contributed by atoms with Gasteiger partial charge in [0.05, 0.1) is 25.5 Å². The predicted molar refractivity (Wildman–Crippen MR) is 96.4 cm³/mol. The molecule has 3 rings (SSSR count). The van der Waals surface area contributed by atoms with E-state index in [0.717, 1.165) is 0 Å². The molecule has 3 aromatic rings. The lowest BCUT2D eigenvalue weighted by Gasteiger charge is -2.08. The number of methoxy groups -OCH3 is 2. The highest BCUT2D eigenvalue weighted by molar-refractivity contribution is 6.01. The topological polar surface area (TPSA) is 104 Å². The Morgan fingerprint density at radius 2 is 1.78 bits per heavy atom. The van der Waals surface area contributed by atoms with E-state index < -0.39 is 11.9 Å². The van der Waals surface area contributed by atoms with Gasteiger partial charge < -0.3 is 19.2 Å². The van der Waals surface area contributed by atoms with Crippen molar-refractivity contribution in [2.75, 3.05) is 19.5 Å². The average molecular weight is 367 g/mol. The number of hydrogen-bond acceptors (Lipinski definition) is 7. The summed E-state index contributed by atoms with van der Waals surface area (Å²) in [6.07, 6.45) is -0.126. The molecule has 0 radical (unpaired) electrons. The molecule has 0 bridgehead atoms. The molecule has 0 atom stereocenters. The third-order valence-corrected chi connectivity index (χ3v) is 3.72. The number of esters is 1. The van der Waals surface area contributed by atoms with E-state index in [1.165, 1.54) is 7.11 Å². The molecule has 2 aromatic carbocycles. The quantitative estimate of drug-likeness (QED) is 0.668. The van der Waals surface area contributed by atoms with E-state index in [2.05, 4.69) is 15.5 Å². The van der Waals surface area contributed by atoms with E-state index in [9.17, 15) is 9.59 Å². The molecule has 27 heavy (non-hydrogen) atoms. The van der Waals surface area contributed by atoms with Gasteiger partial charge in [-0.1, -0.05) is 12.1 Å². The zero-order chi connectivity index (χ0) is 19.2. The molecule has 1 amide bonds. The van der Waals surface area contributed by atoms with Gasteiger partial charge >= 0.3 is 5.97 Å². The number of aromatic nitrogens is 2. The first kappa shape index (κ1) is 18.1. The van der Waals surface area contributed by atoms with Gasteiger partial charge in [-0.2, -0.15) is 0 Å². The van der Waals surface area contributed by atoms with Crippen LogP contribution in [0.1, 0.15) is 16.2 Å². The monoisotopic (exact) mass is 367 g/mol. The van der Waals surface area contributed by atoms with Crippen molar-refractivity contribution >= 4 is 17.6 Å². The maximum absolute atomic E-state index is 12.3. The molecule has 8 nitrogen and oxygen atoms in total. The Labute approximate surface area is 155 Å². The number of amides is 1. The smallest absolute Gasteiger partial charge is 0.339 e. The van der Waals surface area contributed by atoms with Gasteiger partial charge in [0.1, 0.15) is 12.2 Å². The van der Waals surface area contributed by atoms with Crippen molar-refractivity contribution in [2.24, 2.45) is 0 Å². The number of anilines is 1. The number of nitrogens with zero attached hydrogens (tertiary/aromatic N) is 2.